The lowest BCUT2D eigenvalue weighted by Gasteiger charge is -2.42. The molecule has 3 atom stereocenters. The first-order valence-electron chi connectivity index (χ1n) is 7.64. The van der Waals surface area contributed by atoms with Crippen LogP contribution in [-0.2, 0) is 9.59 Å². The summed E-state index contributed by atoms with van der Waals surface area (Å²) in [6, 6.07) is -0.666. The number of urea groups is 1. The molecule has 116 valence electrons. The van der Waals surface area contributed by atoms with E-state index in [1.54, 1.807) is 4.90 Å². The third-order valence-corrected chi connectivity index (χ3v) is 4.88. The second kappa shape index (κ2) is 5.54. The summed E-state index contributed by atoms with van der Waals surface area (Å²) in [5.41, 5.74) is 0. The van der Waals surface area contributed by atoms with Gasteiger partial charge < -0.3 is 20.2 Å². The van der Waals surface area contributed by atoms with Crippen LogP contribution in [0, 0.1) is 5.92 Å². The van der Waals surface area contributed by atoms with Crippen molar-refractivity contribution in [3.05, 3.63) is 0 Å². The standard InChI is InChI=1S/C14H21N3O4/c18-12-4-3-9-8-16(7-5-10(9)15-12)14(21)17-6-1-2-11(17)13(19)20/h9-11H,1-8H2,(H,15,18)(H,19,20)/t9?,10?,11-/m1/s1. The van der Waals surface area contributed by atoms with E-state index in [1.165, 1.54) is 4.90 Å². The molecule has 3 amide bonds. The summed E-state index contributed by atoms with van der Waals surface area (Å²) in [6.45, 7) is 1.73. The van der Waals surface area contributed by atoms with E-state index in [1.807, 2.05) is 0 Å². The van der Waals surface area contributed by atoms with Crippen molar-refractivity contribution in [2.24, 2.45) is 5.92 Å². The third-order valence-electron chi connectivity index (χ3n) is 4.88. The number of likely N-dealkylation sites (tertiary alicyclic amines) is 2. The van der Waals surface area contributed by atoms with E-state index in [0.717, 1.165) is 19.3 Å². The molecule has 0 aromatic carbocycles. The normalized spacial score (nSPS) is 32.6. The number of nitrogens with one attached hydrogen (secondary N) is 1. The van der Waals surface area contributed by atoms with Gasteiger partial charge in [0.2, 0.25) is 5.91 Å². The van der Waals surface area contributed by atoms with E-state index in [0.29, 0.717) is 38.4 Å². The van der Waals surface area contributed by atoms with Crippen molar-refractivity contribution in [3.63, 3.8) is 0 Å². The van der Waals surface area contributed by atoms with Crippen LogP contribution in [0.25, 0.3) is 0 Å². The van der Waals surface area contributed by atoms with Crippen molar-refractivity contribution in [2.45, 2.75) is 44.2 Å². The fourth-order valence-corrected chi connectivity index (χ4v) is 3.72. The molecule has 21 heavy (non-hydrogen) atoms. The number of aliphatic carboxylic acids is 1. The maximum atomic E-state index is 12.6. The van der Waals surface area contributed by atoms with Crippen molar-refractivity contribution >= 4 is 17.9 Å². The number of carbonyl (C=O) groups is 3. The molecular weight excluding hydrogens is 274 g/mol. The lowest BCUT2D eigenvalue weighted by molar-refractivity contribution is -0.141. The summed E-state index contributed by atoms with van der Waals surface area (Å²) < 4.78 is 0. The van der Waals surface area contributed by atoms with Gasteiger partial charge in [0.05, 0.1) is 0 Å². The molecule has 7 nitrogen and oxygen atoms in total. The molecule has 3 saturated heterocycles. The number of hydrogen-bond donors (Lipinski definition) is 2. The second-order valence-electron chi connectivity index (χ2n) is 6.18. The first-order valence-corrected chi connectivity index (χ1v) is 7.64. The van der Waals surface area contributed by atoms with Gasteiger partial charge in [-0.1, -0.05) is 0 Å². The highest BCUT2D eigenvalue weighted by molar-refractivity contribution is 5.83. The fourth-order valence-electron chi connectivity index (χ4n) is 3.72. The van der Waals surface area contributed by atoms with Crippen molar-refractivity contribution in [1.29, 1.82) is 0 Å². The Bertz CT molecular complexity index is 467. The number of hydrogen-bond acceptors (Lipinski definition) is 3. The summed E-state index contributed by atoms with van der Waals surface area (Å²) in [6.07, 6.45) is 3.37. The topological polar surface area (TPSA) is 90.0 Å². The number of nitrogens with zero attached hydrogens (tertiary/aromatic N) is 2. The molecule has 0 radical (unpaired) electrons. The molecule has 0 spiro atoms. The molecule has 0 aliphatic carbocycles. The molecule has 0 saturated carbocycles. The molecule has 3 rings (SSSR count). The first kappa shape index (κ1) is 14.2. The number of amides is 3. The minimum Gasteiger partial charge on any atom is -0.480 e. The molecule has 3 aliphatic heterocycles. The molecule has 0 aromatic heterocycles. The molecule has 2 unspecified atom stereocenters. The van der Waals surface area contributed by atoms with Crippen LogP contribution in [-0.4, -0.2) is 64.5 Å². The molecule has 0 bridgehead atoms. The molecule has 3 fully saturated rings. The number of fused-ring (bicyclic) bond motifs is 1. The van der Waals surface area contributed by atoms with Gasteiger partial charge in [-0.25, -0.2) is 9.59 Å². The summed E-state index contributed by atoms with van der Waals surface area (Å²) >= 11 is 0. The lowest BCUT2D eigenvalue weighted by atomic mass is 9.85. The van der Waals surface area contributed by atoms with Crippen molar-refractivity contribution in [1.82, 2.24) is 15.1 Å². The van der Waals surface area contributed by atoms with E-state index >= 15 is 0 Å². The highest BCUT2D eigenvalue weighted by atomic mass is 16.4. The molecule has 2 N–H and O–H groups in total. The van der Waals surface area contributed by atoms with Crippen molar-refractivity contribution in [2.75, 3.05) is 19.6 Å². The zero-order valence-corrected chi connectivity index (χ0v) is 12.0. The largest absolute Gasteiger partial charge is 0.480 e. The van der Waals surface area contributed by atoms with Gasteiger partial charge in [-0.15, -0.1) is 0 Å². The zero-order chi connectivity index (χ0) is 15.0. The Hall–Kier alpha value is -1.79. The summed E-state index contributed by atoms with van der Waals surface area (Å²) in [5.74, 6) is -0.520. The van der Waals surface area contributed by atoms with E-state index in [4.69, 9.17) is 0 Å². The average Bonchev–Trinajstić information content (AvgIpc) is 2.95. The Morgan fingerprint density at radius 3 is 2.76 bits per heavy atom. The van der Waals surface area contributed by atoms with Crippen LogP contribution >= 0.6 is 0 Å². The summed E-state index contributed by atoms with van der Waals surface area (Å²) in [5, 5.41) is 12.2. The Morgan fingerprint density at radius 1 is 1.19 bits per heavy atom. The highest BCUT2D eigenvalue weighted by Crippen LogP contribution is 2.27. The lowest BCUT2D eigenvalue weighted by Crippen LogP contribution is -2.58. The predicted octanol–water partition coefficient (Wildman–Crippen LogP) is 0.256. The van der Waals surface area contributed by atoms with E-state index in [9.17, 15) is 19.5 Å². The SMILES string of the molecule is O=C1CCC2CN(C(=O)N3CCC[C@@H]3C(=O)O)CCC2N1. The molecule has 3 aliphatic rings. The van der Waals surface area contributed by atoms with Gasteiger partial charge in [0.25, 0.3) is 0 Å². The highest BCUT2D eigenvalue weighted by Gasteiger charge is 2.40. The van der Waals surface area contributed by atoms with Gasteiger partial charge in [0.1, 0.15) is 6.04 Å². The first-order chi connectivity index (χ1) is 10.1. The van der Waals surface area contributed by atoms with Crippen LogP contribution in [0.4, 0.5) is 4.79 Å². The Balaban J connectivity index is 1.64. The second-order valence-corrected chi connectivity index (χ2v) is 6.18. The fraction of sp³-hybridized carbons (Fsp3) is 0.786. The summed E-state index contributed by atoms with van der Waals surface area (Å²) in [4.78, 5) is 38.4. The summed E-state index contributed by atoms with van der Waals surface area (Å²) in [7, 11) is 0. The monoisotopic (exact) mass is 295 g/mol. The van der Waals surface area contributed by atoms with Gasteiger partial charge in [-0.2, -0.15) is 0 Å². The van der Waals surface area contributed by atoms with Gasteiger partial charge in [0, 0.05) is 32.1 Å². The average molecular weight is 295 g/mol. The van der Waals surface area contributed by atoms with Crippen LogP contribution in [0.2, 0.25) is 0 Å². The Labute approximate surface area is 123 Å². The molecule has 3 heterocycles. The van der Waals surface area contributed by atoms with Gasteiger partial charge in [-0.05, 0) is 31.6 Å². The number of carboxylic acid groups (broad SMARTS) is 1. The molecular formula is C14H21N3O4. The van der Waals surface area contributed by atoms with E-state index in [-0.39, 0.29) is 18.0 Å². The van der Waals surface area contributed by atoms with Gasteiger partial charge in [-0.3, -0.25) is 4.79 Å². The van der Waals surface area contributed by atoms with Crippen LogP contribution < -0.4 is 5.32 Å². The van der Waals surface area contributed by atoms with Crippen molar-refractivity contribution < 1.29 is 19.5 Å². The van der Waals surface area contributed by atoms with E-state index < -0.39 is 12.0 Å². The molecule has 7 heteroatoms. The minimum atomic E-state index is -0.916. The number of piperidine rings is 2. The Morgan fingerprint density at radius 2 is 2.00 bits per heavy atom. The van der Waals surface area contributed by atoms with Crippen LogP contribution in [0.3, 0.4) is 0 Å². The molecule has 0 aromatic rings. The quantitative estimate of drug-likeness (QED) is 0.726. The third kappa shape index (κ3) is 2.69. The predicted molar refractivity (Wildman–Crippen MR) is 73.6 cm³/mol. The smallest absolute Gasteiger partial charge is 0.326 e. The van der Waals surface area contributed by atoms with Crippen LogP contribution in [0.5, 0.6) is 0 Å². The zero-order valence-electron chi connectivity index (χ0n) is 12.0. The number of carbonyl (C=O) groups excluding carboxylic acids is 2. The maximum absolute atomic E-state index is 12.6. The minimum absolute atomic E-state index is 0.0986. The number of rotatable bonds is 1. The van der Waals surface area contributed by atoms with Gasteiger partial charge in [0.15, 0.2) is 0 Å². The Kier molecular flexibility index (Phi) is 3.73. The van der Waals surface area contributed by atoms with Crippen LogP contribution in [0.1, 0.15) is 32.1 Å². The van der Waals surface area contributed by atoms with E-state index in [2.05, 4.69) is 5.32 Å². The van der Waals surface area contributed by atoms with Crippen LogP contribution in [0.15, 0.2) is 0 Å². The number of carboxylic acids is 1. The van der Waals surface area contributed by atoms with Gasteiger partial charge >= 0.3 is 12.0 Å². The maximum Gasteiger partial charge on any atom is 0.326 e. The van der Waals surface area contributed by atoms with Crippen molar-refractivity contribution in [3.8, 4) is 0 Å².